The van der Waals surface area contributed by atoms with Gasteiger partial charge in [-0.25, -0.2) is 0 Å². The molecule has 2 fully saturated rings. The molecule has 0 saturated carbocycles. The molecular weight excluding hydrogens is 228 g/mol. The van der Waals surface area contributed by atoms with Crippen LogP contribution in [0.3, 0.4) is 0 Å². The second-order valence-electron chi connectivity index (χ2n) is 5.38. The van der Waals surface area contributed by atoms with Crippen LogP contribution in [0.25, 0.3) is 0 Å². The van der Waals surface area contributed by atoms with E-state index in [1.54, 1.807) is 0 Å². The van der Waals surface area contributed by atoms with Crippen molar-refractivity contribution in [1.29, 1.82) is 0 Å². The van der Waals surface area contributed by atoms with Crippen molar-refractivity contribution in [3.05, 3.63) is 17.8 Å². The summed E-state index contributed by atoms with van der Waals surface area (Å²) in [5.74, 6) is 0.843. The summed E-state index contributed by atoms with van der Waals surface area (Å²) in [6.07, 6.45) is 3.42. The Balaban J connectivity index is 1.60. The fraction of sp³-hybridized carbons (Fsp3) is 0.692. The number of hydrogen-bond donors (Lipinski definition) is 2. The van der Waals surface area contributed by atoms with Crippen LogP contribution in [0, 0.1) is 6.92 Å². The predicted octanol–water partition coefficient (Wildman–Crippen LogP) is 1.11. The number of ether oxygens (including phenoxy) is 1. The van der Waals surface area contributed by atoms with Crippen LogP contribution >= 0.6 is 0 Å². The molecule has 18 heavy (non-hydrogen) atoms. The number of nitrogens with zero attached hydrogens (tertiary/aromatic N) is 2. The number of anilines is 1. The van der Waals surface area contributed by atoms with Gasteiger partial charge in [-0.15, -0.1) is 5.10 Å². The van der Waals surface area contributed by atoms with E-state index in [0.717, 1.165) is 44.0 Å². The molecule has 1 aromatic rings. The van der Waals surface area contributed by atoms with Gasteiger partial charge in [0.1, 0.15) is 5.82 Å². The maximum absolute atomic E-state index is 6.02. The van der Waals surface area contributed by atoms with Crippen LogP contribution in [-0.4, -0.2) is 41.5 Å². The normalized spacial score (nSPS) is 31.7. The van der Waals surface area contributed by atoms with E-state index in [1.807, 2.05) is 19.1 Å². The minimum absolute atomic E-state index is 0.0496. The Kier molecular flexibility index (Phi) is 3.18. The van der Waals surface area contributed by atoms with Crippen molar-refractivity contribution < 1.29 is 4.74 Å². The number of hydrogen-bond acceptors (Lipinski definition) is 5. The summed E-state index contributed by atoms with van der Waals surface area (Å²) in [5, 5.41) is 15.0. The van der Waals surface area contributed by atoms with E-state index in [9.17, 15) is 0 Å². The van der Waals surface area contributed by atoms with E-state index < -0.39 is 0 Å². The maximum Gasteiger partial charge on any atom is 0.148 e. The molecule has 1 spiro atoms. The number of aryl methyl sites for hydroxylation is 1. The van der Waals surface area contributed by atoms with Crippen molar-refractivity contribution in [2.45, 2.75) is 37.8 Å². The largest absolute Gasteiger partial charge is 0.371 e. The van der Waals surface area contributed by atoms with Gasteiger partial charge in [0.05, 0.1) is 23.9 Å². The standard InChI is InChI=1S/C13H20N4O/c1-10-3-4-12(17-16-10)15-11-7-13(18-8-11)5-2-6-14-9-13/h3-4,11,14H,2,5-9H2,1H3,(H,15,17)/t11-,13+/m1/s1. The van der Waals surface area contributed by atoms with E-state index in [-0.39, 0.29) is 5.60 Å². The molecule has 2 saturated heterocycles. The van der Waals surface area contributed by atoms with Crippen molar-refractivity contribution in [2.75, 3.05) is 25.0 Å². The highest BCUT2D eigenvalue weighted by Gasteiger charge is 2.41. The van der Waals surface area contributed by atoms with Crippen molar-refractivity contribution in [1.82, 2.24) is 15.5 Å². The highest BCUT2D eigenvalue weighted by Crippen LogP contribution is 2.32. The lowest BCUT2D eigenvalue weighted by atomic mass is 9.90. The highest BCUT2D eigenvalue weighted by atomic mass is 16.5. The third-order valence-electron chi connectivity index (χ3n) is 3.79. The zero-order chi connectivity index (χ0) is 12.4. The lowest BCUT2D eigenvalue weighted by Crippen LogP contribution is -2.45. The van der Waals surface area contributed by atoms with Gasteiger partial charge in [-0.05, 0) is 38.4 Å². The first-order valence-corrected chi connectivity index (χ1v) is 6.67. The quantitative estimate of drug-likeness (QED) is 0.821. The molecule has 5 heteroatoms. The van der Waals surface area contributed by atoms with Crippen molar-refractivity contribution >= 4 is 5.82 Å². The smallest absolute Gasteiger partial charge is 0.148 e. The predicted molar refractivity (Wildman–Crippen MR) is 69.6 cm³/mol. The van der Waals surface area contributed by atoms with Crippen LogP contribution < -0.4 is 10.6 Å². The highest BCUT2D eigenvalue weighted by molar-refractivity contribution is 5.34. The third-order valence-corrected chi connectivity index (χ3v) is 3.79. The molecule has 5 nitrogen and oxygen atoms in total. The van der Waals surface area contributed by atoms with Crippen LogP contribution in [0.1, 0.15) is 25.0 Å². The number of nitrogens with one attached hydrogen (secondary N) is 2. The summed E-state index contributed by atoms with van der Waals surface area (Å²) < 4.78 is 6.02. The first-order chi connectivity index (χ1) is 8.76. The Hall–Kier alpha value is -1.20. The zero-order valence-corrected chi connectivity index (χ0v) is 10.8. The monoisotopic (exact) mass is 248 g/mol. The molecule has 0 aliphatic carbocycles. The first kappa shape index (κ1) is 11.9. The Morgan fingerprint density at radius 2 is 2.39 bits per heavy atom. The Labute approximate surface area is 107 Å². The summed E-state index contributed by atoms with van der Waals surface area (Å²) in [5.41, 5.74) is 0.991. The second kappa shape index (κ2) is 4.82. The van der Waals surface area contributed by atoms with Gasteiger partial charge < -0.3 is 15.4 Å². The van der Waals surface area contributed by atoms with E-state index >= 15 is 0 Å². The Morgan fingerprint density at radius 1 is 1.44 bits per heavy atom. The average Bonchev–Trinajstić information content (AvgIpc) is 2.76. The third kappa shape index (κ3) is 2.47. The molecule has 2 aliphatic rings. The summed E-state index contributed by atoms with van der Waals surface area (Å²) >= 11 is 0. The molecule has 0 aromatic carbocycles. The van der Waals surface area contributed by atoms with Crippen LogP contribution in [0.2, 0.25) is 0 Å². The molecule has 2 N–H and O–H groups in total. The van der Waals surface area contributed by atoms with Gasteiger partial charge in [0.25, 0.3) is 0 Å². The average molecular weight is 248 g/mol. The summed E-state index contributed by atoms with van der Waals surface area (Å²) in [4.78, 5) is 0. The molecule has 0 amide bonds. The van der Waals surface area contributed by atoms with Crippen LogP contribution in [0.15, 0.2) is 12.1 Å². The van der Waals surface area contributed by atoms with Crippen LogP contribution in [0.4, 0.5) is 5.82 Å². The summed E-state index contributed by atoms with van der Waals surface area (Å²) in [6, 6.07) is 4.30. The SMILES string of the molecule is Cc1ccc(N[C@H]2CO[C@@]3(CCCNC3)C2)nn1. The van der Waals surface area contributed by atoms with E-state index in [1.165, 1.54) is 6.42 Å². The molecule has 0 radical (unpaired) electrons. The lowest BCUT2D eigenvalue weighted by molar-refractivity contribution is -0.0138. The zero-order valence-electron chi connectivity index (χ0n) is 10.8. The molecular formula is C13H20N4O. The topological polar surface area (TPSA) is 59.1 Å². The minimum atomic E-state index is 0.0496. The molecule has 3 rings (SSSR count). The first-order valence-electron chi connectivity index (χ1n) is 6.67. The van der Waals surface area contributed by atoms with Crippen molar-refractivity contribution in [3.63, 3.8) is 0 Å². The molecule has 0 unspecified atom stereocenters. The van der Waals surface area contributed by atoms with Crippen LogP contribution in [-0.2, 0) is 4.74 Å². The van der Waals surface area contributed by atoms with Gasteiger partial charge >= 0.3 is 0 Å². The molecule has 2 atom stereocenters. The van der Waals surface area contributed by atoms with Gasteiger partial charge in [-0.3, -0.25) is 0 Å². The van der Waals surface area contributed by atoms with Gasteiger partial charge in [-0.2, -0.15) is 5.10 Å². The lowest BCUT2D eigenvalue weighted by Gasteiger charge is -2.33. The Bertz CT molecular complexity index is 400. The summed E-state index contributed by atoms with van der Waals surface area (Å²) in [7, 11) is 0. The number of aromatic nitrogens is 2. The van der Waals surface area contributed by atoms with Crippen molar-refractivity contribution in [3.8, 4) is 0 Å². The van der Waals surface area contributed by atoms with Gasteiger partial charge in [0.2, 0.25) is 0 Å². The van der Waals surface area contributed by atoms with E-state index in [4.69, 9.17) is 4.74 Å². The van der Waals surface area contributed by atoms with E-state index in [2.05, 4.69) is 20.8 Å². The molecule has 1 aromatic heterocycles. The van der Waals surface area contributed by atoms with Crippen molar-refractivity contribution in [2.24, 2.45) is 0 Å². The molecule has 98 valence electrons. The fourth-order valence-corrected chi connectivity index (χ4v) is 2.86. The summed E-state index contributed by atoms with van der Waals surface area (Å²) in [6.45, 7) is 4.80. The van der Waals surface area contributed by atoms with Gasteiger partial charge in [-0.1, -0.05) is 0 Å². The molecule has 3 heterocycles. The Morgan fingerprint density at radius 3 is 3.11 bits per heavy atom. The maximum atomic E-state index is 6.02. The molecule has 2 aliphatic heterocycles. The van der Waals surface area contributed by atoms with Gasteiger partial charge in [0, 0.05) is 13.0 Å². The second-order valence-corrected chi connectivity index (χ2v) is 5.38. The van der Waals surface area contributed by atoms with Gasteiger partial charge in [0.15, 0.2) is 0 Å². The van der Waals surface area contributed by atoms with Crippen LogP contribution in [0.5, 0.6) is 0 Å². The minimum Gasteiger partial charge on any atom is -0.371 e. The van der Waals surface area contributed by atoms with E-state index in [0.29, 0.717) is 6.04 Å². The fourth-order valence-electron chi connectivity index (χ4n) is 2.86. The molecule has 0 bridgehead atoms. The number of piperidine rings is 1. The number of rotatable bonds is 2.